The van der Waals surface area contributed by atoms with E-state index in [1.54, 1.807) is 13.1 Å². The smallest absolute Gasteiger partial charge is 0.241 e. The van der Waals surface area contributed by atoms with Gasteiger partial charge in [0.15, 0.2) is 6.29 Å². The molecule has 0 aliphatic heterocycles. The minimum Gasteiger partial charge on any atom is -0.368 e. The summed E-state index contributed by atoms with van der Waals surface area (Å²) in [5.74, 6) is -0.476. The van der Waals surface area contributed by atoms with Crippen molar-refractivity contribution in [1.29, 1.82) is 0 Å². The Morgan fingerprint density at radius 1 is 1.83 bits per heavy atom. The maximum absolute atomic E-state index is 10.7. The number of hydrogen-bond acceptors (Lipinski definition) is 3. The first-order valence-corrected chi connectivity index (χ1v) is 3.45. The highest BCUT2D eigenvalue weighted by Crippen LogP contribution is 2.02. The highest BCUT2D eigenvalue weighted by atomic mass is 16.1. The molecule has 0 saturated carbocycles. The van der Waals surface area contributed by atoms with E-state index in [1.807, 2.05) is 0 Å². The van der Waals surface area contributed by atoms with E-state index in [0.717, 1.165) is 0 Å². The monoisotopic (exact) mass is 167 g/mol. The Balaban J connectivity index is 2.88. The van der Waals surface area contributed by atoms with E-state index in [-0.39, 0.29) is 0 Å². The van der Waals surface area contributed by atoms with E-state index in [9.17, 15) is 9.59 Å². The fourth-order valence-corrected chi connectivity index (χ4v) is 0.762. The van der Waals surface area contributed by atoms with E-state index in [0.29, 0.717) is 12.0 Å². The highest BCUT2D eigenvalue weighted by molar-refractivity contribution is 5.78. The molecule has 1 aromatic heterocycles. The van der Waals surface area contributed by atoms with Crippen molar-refractivity contribution < 1.29 is 9.59 Å². The number of carbonyl (C=O) groups excluding carboxylic acids is 2. The number of primary amides is 1. The molecule has 1 aromatic rings. The first kappa shape index (κ1) is 8.45. The van der Waals surface area contributed by atoms with Crippen LogP contribution in [0.2, 0.25) is 0 Å². The molecule has 1 rings (SSSR count). The molecule has 0 aliphatic carbocycles. The number of nitrogens with zero attached hydrogens (tertiary/aromatic N) is 2. The second kappa shape index (κ2) is 3.17. The molecular weight excluding hydrogens is 158 g/mol. The van der Waals surface area contributed by atoms with Gasteiger partial charge in [-0.05, 0) is 13.0 Å². The maximum Gasteiger partial charge on any atom is 0.241 e. The van der Waals surface area contributed by atoms with E-state index < -0.39 is 11.9 Å². The molecule has 5 nitrogen and oxygen atoms in total. The molecule has 2 N–H and O–H groups in total. The topological polar surface area (TPSA) is 78.0 Å². The Kier molecular flexibility index (Phi) is 2.23. The molecule has 1 amide bonds. The number of aromatic nitrogens is 2. The average Bonchev–Trinajstić information content (AvgIpc) is 2.50. The highest BCUT2D eigenvalue weighted by Gasteiger charge is 2.11. The fraction of sp³-hybridized carbons (Fsp3) is 0.286. The van der Waals surface area contributed by atoms with Gasteiger partial charge in [0, 0.05) is 6.20 Å². The summed E-state index contributed by atoms with van der Waals surface area (Å²) in [6, 6.07) is 1.01. The molecule has 0 fully saturated rings. The van der Waals surface area contributed by atoms with Crippen LogP contribution in [0, 0.1) is 0 Å². The Bertz CT molecular complexity index is 305. The zero-order chi connectivity index (χ0) is 9.14. The molecular formula is C7H9N3O2. The zero-order valence-electron chi connectivity index (χ0n) is 6.60. The van der Waals surface area contributed by atoms with Gasteiger partial charge in [0.05, 0.1) is 0 Å². The molecule has 0 saturated heterocycles. The summed E-state index contributed by atoms with van der Waals surface area (Å²) in [7, 11) is 0. The summed E-state index contributed by atoms with van der Waals surface area (Å²) in [5, 5.41) is 3.80. The quantitative estimate of drug-likeness (QED) is 0.630. The van der Waals surface area contributed by atoms with E-state index in [2.05, 4.69) is 5.10 Å². The van der Waals surface area contributed by atoms with Crippen LogP contribution in [0.15, 0.2) is 12.3 Å². The Hall–Kier alpha value is -1.65. The Labute approximate surface area is 69.2 Å². The number of rotatable bonds is 3. The van der Waals surface area contributed by atoms with Gasteiger partial charge in [-0.1, -0.05) is 0 Å². The standard InChI is InChI=1S/C7H9N3O2/c1-5(7(8)12)10-3-2-6(4-11)9-10/h2-5H,1H3,(H2,8,12). The summed E-state index contributed by atoms with van der Waals surface area (Å²) in [5.41, 5.74) is 5.33. The maximum atomic E-state index is 10.7. The lowest BCUT2D eigenvalue weighted by atomic mass is 10.3. The zero-order valence-corrected chi connectivity index (χ0v) is 6.60. The molecule has 0 bridgehead atoms. The van der Waals surface area contributed by atoms with Gasteiger partial charge in [-0.15, -0.1) is 0 Å². The predicted octanol–water partition coefficient (Wildman–Crippen LogP) is -0.258. The van der Waals surface area contributed by atoms with Gasteiger partial charge >= 0.3 is 0 Å². The Morgan fingerprint density at radius 2 is 2.50 bits per heavy atom. The summed E-state index contributed by atoms with van der Waals surface area (Å²) in [4.78, 5) is 20.9. The molecule has 12 heavy (non-hydrogen) atoms. The first-order valence-electron chi connectivity index (χ1n) is 3.45. The van der Waals surface area contributed by atoms with Crippen molar-refractivity contribution in [3.63, 3.8) is 0 Å². The van der Waals surface area contributed by atoms with Crippen LogP contribution in [0.3, 0.4) is 0 Å². The predicted molar refractivity (Wildman–Crippen MR) is 41.5 cm³/mol. The first-order chi connectivity index (χ1) is 5.65. The molecule has 1 atom stereocenters. The van der Waals surface area contributed by atoms with E-state index in [4.69, 9.17) is 5.73 Å². The lowest BCUT2D eigenvalue weighted by molar-refractivity contribution is -0.120. The van der Waals surface area contributed by atoms with Crippen LogP contribution in [0.4, 0.5) is 0 Å². The molecule has 64 valence electrons. The molecule has 0 radical (unpaired) electrons. The number of hydrogen-bond donors (Lipinski definition) is 1. The summed E-state index contributed by atoms with van der Waals surface area (Å²) in [6.07, 6.45) is 2.16. The van der Waals surface area contributed by atoms with Gasteiger partial charge < -0.3 is 5.73 Å². The minimum atomic E-state index is -0.515. The van der Waals surface area contributed by atoms with Crippen LogP contribution in [0.1, 0.15) is 23.5 Å². The minimum absolute atomic E-state index is 0.295. The van der Waals surface area contributed by atoms with Gasteiger partial charge in [0.1, 0.15) is 11.7 Å². The Morgan fingerprint density at radius 3 is 2.92 bits per heavy atom. The number of aldehydes is 1. The van der Waals surface area contributed by atoms with Crippen LogP contribution in [0.5, 0.6) is 0 Å². The van der Waals surface area contributed by atoms with E-state index >= 15 is 0 Å². The van der Waals surface area contributed by atoms with Crippen molar-refractivity contribution in [2.45, 2.75) is 13.0 Å². The van der Waals surface area contributed by atoms with Crippen molar-refractivity contribution in [2.24, 2.45) is 5.73 Å². The van der Waals surface area contributed by atoms with Crippen molar-refractivity contribution in [3.05, 3.63) is 18.0 Å². The lowest BCUT2D eigenvalue weighted by Crippen LogP contribution is -2.24. The van der Waals surface area contributed by atoms with Gasteiger partial charge in [0.25, 0.3) is 0 Å². The summed E-state index contributed by atoms with van der Waals surface area (Å²) in [6.45, 7) is 1.61. The fourth-order valence-electron chi connectivity index (χ4n) is 0.762. The number of amides is 1. The van der Waals surface area contributed by atoms with E-state index in [1.165, 1.54) is 10.7 Å². The SMILES string of the molecule is CC(C(N)=O)n1ccc(C=O)n1. The molecule has 1 heterocycles. The van der Waals surface area contributed by atoms with Gasteiger partial charge in [-0.2, -0.15) is 5.10 Å². The molecule has 0 spiro atoms. The third-order valence-electron chi connectivity index (χ3n) is 1.56. The van der Waals surface area contributed by atoms with Gasteiger partial charge in [0.2, 0.25) is 5.91 Å². The summed E-state index contributed by atoms with van der Waals surface area (Å²) >= 11 is 0. The third kappa shape index (κ3) is 1.50. The number of nitrogens with two attached hydrogens (primary N) is 1. The second-order valence-corrected chi connectivity index (χ2v) is 2.42. The van der Waals surface area contributed by atoms with Crippen LogP contribution >= 0.6 is 0 Å². The molecule has 1 unspecified atom stereocenters. The average molecular weight is 167 g/mol. The normalized spacial score (nSPS) is 12.4. The van der Waals surface area contributed by atoms with Crippen molar-refractivity contribution in [2.75, 3.05) is 0 Å². The molecule has 0 aromatic carbocycles. The van der Waals surface area contributed by atoms with Crippen LogP contribution in [-0.2, 0) is 4.79 Å². The lowest BCUT2D eigenvalue weighted by Gasteiger charge is -2.05. The second-order valence-electron chi connectivity index (χ2n) is 2.42. The van der Waals surface area contributed by atoms with Crippen LogP contribution in [-0.4, -0.2) is 22.0 Å². The summed E-state index contributed by atoms with van der Waals surface area (Å²) < 4.78 is 1.35. The van der Waals surface area contributed by atoms with Gasteiger partial charge in [-0.3, -0.25) is 14.3 Å². The molecule has 0 aliphatic rings. The largest absolute Gasteiger partial charge is 0.368 e. The van der Waals surface area contributed by atoms with Crippen molar-refractivity contribution in [1.82, 2.24) is 9.78 Å². The van der Waals surface area contributed by atoms with Gasteiger partial charge in [-0.25, -0.2) is 0 Å². The van der Waals surface area contributed by atoms with Crippen molar-refractivity contribution >= 4 is 12.2 Å². The van der Waals surface area contributed by atoms with Crippen LogP contribution in [0.25, 0.3) is 0 Å². The van der Waals surface area contributed by atoms with Crippen molar-refractivity contribution in [3.8, 4) is 0 Å². The third-order valence-corrected chi connectivity index (χ3v) is 1.56. The van der Waals surface area contributed by atoms with Crippen LogP contribution < -0.4 is 5.73 Å². The molecule has 5 heteroatoms. The number of carbonyl (C=O) groups is 2.